The fourth-order valence-electron chi connectivity index (χ4n) is 1.09. The number of pyridine rings is 1. The van der Waals surface area contributed by atoms with Gasteiger partial charge in [-0.2, -0.15) is 11.8 Å². The van der Waals surface area contributed by atoms with Crippen molar-refractivity contribution in [3.8, 4) is 0 Å². The standard InChI is InChI=1S/C9H15N3S/c1-7-3-4-8(5-11-7)9(12-10)6-13-2/h3-5,9,12H,6,10H2,1-2H3. The smallest absolute Gasteiger partial charge is 0.0565 e. The van der Waals surface area contributed by atoms with E-state index in [-0.39, 0.29) is 6.04 Å². The molecule has 1 heterocycles. The third-order valence-corrected chi connectivity index (χ3v) is 2.54. The molecule has 0 fully saturated rings. The summed E-state index contributed by atoms with van der Waals surface area (Å²) in [5, 5.41) is 0. The number of nitrogens with zero attached hydrogens (tertiary/aromatic N) is 1. The van der Waals surface area contributed by atoms with Crippen LogP contribution in [-0.2, 0) is 0 Å². The first-order valence-corrected chi connectivity index (χ1v) is 5.55. The van der Waals surface area contributed by atoms with Gasteiger partial charge in [0.1, 0.15) is 0 Å². The van der Waals surface area contributed by atoms with Crippen molar-refractivity contribution < 1.29 is 0 Å². The number of rotatable bonds is 4. The number of aryl methyl sites for hydroxylation is 1. The van der Waals surface area contributed by atoms with Gasteiger partial charge in [-0.1, -0.05) is 6.07 Å². The van der Waals surface area contributed by atoms with Crippen LogP contribution in [0.4, 0.5) is 0 Å². The predicted octanol–water partition coefficient (Wildman–Crippen LogP) is 1.26. The summed E-state index contributed by atoms with van der Waals surface area (Å²) in [5.74, 6) is 6.40. The Bertz CT molecular complexity index is 248. The van der Waals surface area contributed by atoms with Gasteiger partial charge in [-0.3, -0.25) is 16.3 Å². The second kappa shape index (κ2) is 5.21. The van der Waals surface area contributed by atoms with Crippen molar-refractivity contribution in [1.82, 2.24) is 10.4 Å². The molecule has 13 heavy (non-hydrogen) atoms. The number of nitrogens with two attached hydrogens (primary N) is 1. The Morgan fingerprint density at radius 1 is 1.62 bits per heavy atom. The summed E-state index contributed by atoms with van der Waals surface area (Å²) in [4.78, 5) is 4.23. The molecule has 0 spiro atoms. The van der Waals surface area contributed by atoms with Gasteiger partial charge in [0, 0.05) is 17.6 Å². The summed E-state index contributed by atoms with van der Waals surface area (Å²) in [6, 6.07) is 4.26. The molecule has 0 aliphatic rings. The lowest BCUT2D eigenvalue weighted by Crippen LogP contribution is -2.29. The van der Waals surface area contributed by atoms with Gasteiger partial charge in [-0.25, -0.2) is 0 Å². The monoisotopic (exact) mass is 197 g/mol. The molecule has 0 saturated carbocycles. The molecule has 1 rings (SSSR count). The molecule has 1 aromatic rings. The van der Waals surface area contributed by atoms with Crippen LogP contribution in [0.2, 0.25) is 0 Å². The van der Waals surface area contributed by atoms with E-state index in [0.29, 0.717) is 0 Å². The van der Waals surface area contributed by atoms with Crippen molar-refractivity contribution >= 4 is 11.8 Å². The topological polar surface area (TPSA) is 50.9 Å². The van der Waals surface area contributed by atoms with Gasteiger partial charge in [0.25, 0.3) is 0 Å². The molecule has 0 aliphatic carbocycles. The van der Waals surface area contributed by atoms with Gasteiger partial charge in [0.05, 0.1) is 6.04 Å². The highest BCUT2D eigenvalue weighted by molar-refractivity contribution is 7.98. The quantitative estimate of drug-likeness (QED) is 0.563. The maximum Gasteiger partial charge on any atom is 0.0565 e. The number of hydrazine groups is 1. The normalized spacial score (nSPS) is 12.8. The van der Waals surface area contributed by atoms with E-state index in [0.717, 1.165) is 17.0 Å². The van der Waals surface area contributed by atoms with E-state index in [2.05, 4.69) is 22.7 Å². The summed E-state index contributed by atoms with van der Waals surface area (Å²) in [5.41, 5.74) is 4.95. The summed E-state index contributed by atoms with van der Waals surface area (Å²) in [6.45, 7) is 1.98. The van der Waals surface area contributed by atoms with Crippen LogP contribution in [0.5, 0.6) is 0 Å². The van der Waals surface area contributed by atoms with Crippen LogP contribution in [0.3, 0.4) is 0 Å². The van der Waals surface area contributed by atoms with Gasteiger partial charge in [-0.15, -0.1) is 0 Å². The molecule has 0 bridgehead atoms. The van der Waals surface area contributed by atoms with Gasteiger partial charge in [0.15, 0.2) is 0 Å². The van der Waals surface area contributed by atoms with E-state index in [1.54, 1.807) is 11.8 Å². The zero-order chi connectivity index (χ0) is 9.68. The van der Waals surface area contributed by atoms with Gasteiger partial charge in [0.2, 0.25) is 0 Å². The van der Waals surface area contributed by atoms with E-state index < -0.39 is 0 Å². The highest BCUT2D eigenvalue weighted by Gasteiger charge is 2.07. The minimum absolute atomic E-state index is 0.197. The van der Waals surface area contributed by atoms with E-state index in [1.807, 2.05) is 19.2 Å². The summed E-state index contributed by atoms with van der Waals surface area (Å²) in [7, 11) is 0. The minimum atomic E-state index is 0.197. The highest BCUT2D eigenvalue weighted by Crippen LogP contribution is 2.15. The van der Waals surface area contributed by atoms with Crippen LogP contribution < -0.4 is 11.3 Å². The zero-order valence-electron chi connectivity index (χ0n) is 7.95. The van der Waals surface area contributed by atoms with Crippen LogP contribution >= 0.6 is 11.8 Å². The molecule has 3 nitrogen and oxygen atoms in total. The highest BCUT2D eigenvalue weighted by atomic mass is 32.2. The Hall–Kier alpha value is -0.580. The van der Waals surface area contributed by atoms with E-state index >= 15 is 0 Å². The molecule has 3 N–H and O–H groups in total. The maximum atomic E-state index is 5.44. The maximum absolute atomic E-state index is 5.44. The lowest BCUT2D eigenvalue weighted by molar-refractivity contribution is 0.608. The molecule has 0 radical (unpaired) electrons. The lowest BCUT2D eigenvalue weighted by atomic mass is 10.1. The second-order valence-corrected chi connectivity index (χ2v) is 3.82. The first-order valence-electron chi connectivity index (χ1n) is 4.15. The number of hydrogen-bond acceptors (Lipinski definition) is 4. The van der Waals surface area contributed by atoms with Crippen molar-refractivity contribution in [1.29, 1.82) is 0 Å². The summed E-state index contributed by atoms with van der Waals surface area (Å²) < 4.78 is 0. The summed E-state index contributed by atoms with van der Waals surface area (Å²) >= 11 is 1.76. The number of hydrogen-bond donors (Lipinski definition) is 2. The van der Waals surface area contributed by atoms with Gasteiger partial charge in [-0.05, 0) is 24.8 Å². The Morgan fingerprint density at radius 3 is 2.85 bits per heavy atom. The molecule has 0 aromatic carbocycles. The SMILES string of the molecule is CSCC(NN)c1ccc(C)nc1. The van der Waals surface area contributed by atoms with E-state index in [4.69, 9.17) is 5.84 Å². The van der Waals surface area contributed by atoms with Gasteiger partial charge >= 0.3 is 0 Å². The average molecular weight is 197 g/mol. The fraction of sp³-hybridized carbons (Fsp3) is 0.444. The third-order valence-electron chi connectivity index (χ3n) is 1.87. The van der Waals surface area contributed by atoms with Crippen molar-refractivity contribution in [2.45, 2.75) is 13.0 Å². The molecule has 4 heteroatoms. The van der Waals surface area contributed by atoms with E-state index in [1.165, 1.54) is 0 Å². The van der Waals surface area contributed by atoms with Crippen LogP contribution in [0.15, 0.2) is 18.3 Å². The second-order valence-electron chi connectivity index (χ2n) is 2.91. The lowest BCUT2D eigenvalue weighted by Gasteiger charge is -2.14. The van der Waals surface area contributed by atoms with Crippen LogP contribution in [0.25, 0.3) is 0 Å². The molecule has 72 valence electrons. The third kappa shape index (κ3) is 2.99. The van der Waals surface area contributed by atoms with E-state index in [9.17, 15) is 0 Å². The fourth-order valence-corrected chi connectivity index (χ4v) is 1.71. The van der Waals surface area contributed by atoms with Crippen molar-refractivity contribution in [2.75, 3.05) is 12.0 Å². The summed E-state index contributed by atoms with van der Waals surface area (Å²) in [6.07, 6.45) is 3.93. The first-order chi connectivity index (χ1) is 6.27. The number of nitrogens with one attached hydrogen (secondary N) is 1. The molecular formula is C9H15N3S. The van der Waals surface area contributed by atoms with Crippen LogP contribution in [-0.4, -0.2) is 17.0 Å². The molecule has 1 atom stereocenters. The molecule has 0 amide bonds. The number of thioether (sulfide) groups is 1. The van der Waals surface area contributed by atoms with Crippen molar-refractivity contribution in [2.24, 2.45) is 5.84 Å². The molecule has 0 saturated heterocycles. The molecule has 1 unspecified atom stereocenters. The Kier molecular flexibility index (Phi) is 4.21. The average Bonchev–Trinajstić information content (AvgIpc) is 2.16. The molecule has 0 aliphatic heterocycles. The van der Waals surface area contributed by atoms with Crippen LogP contribution in [0.1, 0.15) is 17.3 Å². The zero-order valence-corrected chi connectivity index (χ0v) is 8.77. The first kappa shape index (κ1) is 10.5. The number of aromatic nitrogens is 1. The van der Waals surface area contributed by atoms with Gasteiger partial charge < -0.3 is 0 Å². The molecule has 1 aromatic heterocycles. The largest absolute Gasteiger partial charge is 0.271 e. The van der Waals surface area contributed by atoms with Crippen molar-refractivity contribution in [3.05, 3.63) is 29.6 Å². The predicted molar refractivity (Wildman–Crippen MR) is 57.4 cm³/mol. The Labute approximate surface area is 83.1 Å². The van der Waals surface area contributed by atoms with Crippen molar-refractivity contribution in [3.63, 3.8) is 0 Å². The Balaban J connectivity index is 2.73. The minimum Gasteiger partial charge on any atom is -0.271 e. The van der Waals surface area contributed by atoms with Crippen LogP contribution in [0, 0.1) is 6.92 Å². The molecular weight excluding hydrogens is 182 g/mol. The Morgan fingerprint density at radius 2 is 2.38 bits per heavy atom.